The maximum Gasteiger partial charge on any atom is 0.416 e. The van der Waals surface area contributed by atoms with Gasteiger partial charge in [-0.2, -0.15) is 13.2 Å². The molecule has 0 radical (unpaired) electrons. The second-order valence-electron chi connectivity index (χ2n) is 10.2. The molecule has 2 aliphatic heterocycles. The van der Waals surface area contributed by atoms with Crippen LogP contribution in [0.25, 0.3) is 0 Å². The number of carbonyl (C=O) groups is 3. The first-order chi connectivity index (χ1) is 19.0. The van der Waals surface area contributed by atoms with E-state index >= 15 is 0 Å². The van der Waals surface area contributed by atoms with Gasteiger partial charge in [0.1, 0.15) is 18.0 Å². The Morgan fingerprint density at radius 1 is 1.12 bits per heavy atom. The molecule has 4 amide bonds. The number of unbranched alkanes of at least 4 members (excludes halogenated alkanes) is 1. The molecule has 2 saturated heterocycles. The van der Waals surface area contributed by atoms with E-state index in [0.29, 0.717) is 36.9 Å². The molecule has 216 valence electrons. The van der Waals surface area contributed by atoms with E-state index in [1.807, 2.05) is 0 Å². The van der Waals surface area contributed by atoms with E-state index in [9.17, 15) is 31.9 Å². The van der Waals surface area contributed by atoms with Crippen LogP contribution in [0.3, 0.4) is 0 Å². The number of alkyl halides is 3. The molecule has 40 heavy (non-hydrogen) atoms. The number of carbonyl (C=O) groups excluding carboxylic acids is 3. The molecule has 2 fully saturated rings. The van der Waals surface area contributed by atoms with Crippen LogP contribution in [0.15, 0.2) is 42.5 Å². The Bertz CT molecular complexity index is 1250. The number of nitrogens with one attached hydrogen (secondary N) is 1. The highest BCUT2D eigenvalue weighted by molar-refractivity contribution is 5.91. The Labute approximate surface area is 230 Å². The fourth-order valence-corrected chi connectivity index (χ4v) is 5.36. The third-order valence-electron chi connectivity index (χ3n) is 7.27. The van der Waals surface area contributed by atoms with E-state index in [-0.39, 0.29) is 50.0 Å². The van der Waals surface area contributed by atoms with E-state index in [2.05, 4.69) is 5.32 Å². The van der Waals surface area contributed by atoms with Crippen LogP contribution in [0.2, 0.25) is 0 Å². The molecule has 0 aromatic heterocycles. The number of halogens is 4. The van der Waals surface area contributed by atoms with E-state index in [0.717, 1.165) is 12.1 Å². The minimum Gasteiger partial charge on any atom is -0.334 e. The number of hydrogen-bond donors (Lipinski definition) is 2. The molecule has 8 nitrogen and oxygen atoms in total. The number of amides is 4. The van der Waals surface area contributed by atoms with Gasteiger partial charge < -0.3 is 25.8 Å². The largest absolute Gasteiger partial charge is 0.416 e. The third kappa shape index (κ3) is 6.55. The lowest BCUT2D eigenvalue weighted by Crippen LogP contribution is -2.71. The molecule has 0 unspecified atom stereocenters. The van der Waals surface area contributed by atoms with Gasteiger partial charge in [-0.05, 0) is 56.5 Å². The number of aryl methyl sites for hydroxylation is 1. The molecule has 2 heterocycles. The topological polar surface area (TPSA) is 99.0 Å². The summed E-state index contributed by atoms with van der Waals surface area (Å²) in [7, 11) is 0. The average molecular weight is 564 g/mol. The van der Waals surface area contributed by atoms with Gasteiger partial charge in [0.05, 0.1) is 12.1 Å². The first kappa shape index (κ1) is 29.3. The van der Waals surface area contributed by atoms with Crippen molar-refractivity contribution in [3.8, 4) is 0 Å². The smallest absolute Gasteiger partial charge is 0.334 e. The SMILES string of the molecule is Cc1cc(CNC(=O)N2CCC(=O)N3[C@@H]2CN(Cc2ccccc2F)C(=O)[C@@H]3CCCCN)cc(C(F)(F)F)c1. The number of rotatable bonds is 8. The van der Waals surface area contributed by atoms with E-state index in [1.54, 1.807) is 31.2 Å². The summed E-state index contributed by atoms with van der Waals surface area (Å²) in [5, 5.41) is 2.68. The Balaban J connectivity index is 1.56. The summed E-state index contributed by atoms with van der Waals surface area (Å²) in [6, 6.07) is 8.26. The molecule has 2 aromatic rings. The fraction of sp³-hybridized carbons (Fsp3) is 0.464. The van der Waals surface area contributed by atoms with E-state index < -0.39 is 35.8 Å². The average Bonchev–Trinajstić information content (AvgIpc) is 2.90. The summed E-state index contributed by atoms with van der Waals surface area (Å²) >= 11 is 0. The maximum absolute atomic E-state index is 14.4. The molecule has 4 rings (SSSR count). The van der Waals surface area contributed by atoms with Crippen LogP contribution < -0.4 is 11.1 Å². The highest BCUT2D eigenvalue weighted by Crippen LogP contribution is 2.31. The van der Waals surface area contributed by atoms with Crippen molar-refractivity contribution in [1.29, 1.82) is 0 Å². The standard InChI is InChI=1S/C28H33F4N5O3/c1-18-12-19(14-21(13-18)28(30,31)32)15-34-27(40)36-11-9-25(38)37-23(8-4-5-10-33)26(39)35(17-24(36)37)16-20-6-2-3-7-22(20)29/h2-3,6-7,12-14,23-24H,4-5,8-11,15-17,33H2,1H3,(H,34,40)/t23-,24+/m0/s1. The minimum atomic E-state index is -4.52. The molecule has 0 spiro atoms. The Hall–Kier alpha value is -3.67. The molecule has 0 aliphatic carbocycles. The Morgan fingerprint density at radius 3 is 2.58 bits per heavy atom. The van der Waals surface area contributed by atoms with E-state index in [4.69, 9.17) is 5.73 Å². The van der Waals surface area contributed by atoms with Gasteiger partial charge in [-0.1, -0.05) is 29.8 Å². The number of piperazine rings is 1. The number of urea groups is 1. The third-order valence-corrected chi connectivity index (χ3v) is 7.27. The minimum absolute atomic E-state index is 0.000565. The molecular formula is C28H33F4N5O3. The molecule has 2 aromatic carbocycles. The predicted octanol–water partition coefficient (Wildman–Crippen LogP) is 3.76. The summed E-state index contributed by atoms with van der Waals surface area (Å²) in [5.41, 5.74) is 5.82. The first-order valence-corrected chi connectivity index (χ1v) is 13.2. The molecular weight excluding hydrogens is 530 g/mol. The number of nitrogens with two attached hydrogens (primary N) is 1. The first-order valence-electron chi connectivity index (χ1n) is 13.2. The van der Waals surface area contributed by atoms with Gasteiger partial charge in [-0.15, -0.1) is 0 Å². The molecule has 2 aliphatic rings. The number of fused-ring (bicyclic) bond motifs is 1. The van der Waals surface area contributed by atoms with E-state index in [1.165, 1.54) is 20.8 Å². The fourth-order valence-electron chi connectivity index (χ4n) is 5.36. The highest BCUT2D eigenvalue weighted by atomic mass is 19.4. The van der Waals surface area contributed by atoms with Crippen molar-refractivity contribution in [3.63, 3.8) is 0 Å². The van der Waals surface area contributed by atoms with Gasteiger partial charge in [-0.25, -0.2) is 9.18 Å². The monoisotopic (exact) mass is 563 g/mol. The zero-order valence-corrected chi connectivity index (χ0v) is 22.2. The summed E-state index contributed by atoms with van der Waals surface area (Å²) in [6.07, 6.45) is -3.77. The van der Waals surface area contributed by atoms with Gasteiger partial charge in [-0.3, -0.25) is 9.59 Å². The molecule has 2 atom stereocenters. The van der Waals surface area contributed by atoms with Crippen LogP contribution in [-0.2, 0) is 28.9 Å². The van der Waals surface area contributed by atoms with Crippen molar-refractivity contribution in [2.45, 2.75) is 64.1 Å². The highest BCUT2D eigenvalue weighted by Gasteiger charge is 2.48. The van der Waals surface area contributed by atoms with Gasteiger partial charge in [0.25, 0.3) is 0 Å². The van der Waals surface area contributed by atoms with Gasteiger partial charge >= 0.3 is 12.2 Å². The molecule has 3 N–H and O–H groups in total. The van der Waals surface area contributed by atoms with Crippen LogP contribution in [-0.4, -0.2) is 64.4 Å². The van der Waals surface area contributed by atoms with Crippen molar-refractivity contribution in [2.24, 2.45) is 5.73 Å². The predicted molar refractivity (Wildman–Crippen MR) is 139 cm³/mol. The molecule has 0 bridgehead atoms. The van der Waals surface area contributed by atoms with Crippen molar-refractivity contribution in [1.82, 2.24) is 20.0 Å². The second-order valence-corrected chi connectivity index (χ2v) is 10.2. The van der Waals surface area contributed by atoms with Crippen molar-refractivity contribution >= 4 is 17.8 Å². The van der Waals surface area contributed by atoms with Gasteiger partial charge in [0.2, 0.25) is 11.8 Å². The zero-order valence-electron chi connectivity index (χ0n) is 22.2. The number of hydrogen-bond acceptors (Lipinski definition) is 4. The number of nitrogens with zero attached hydrogens (tertiary/aromatic N) is 3. The molecule has 12 heteroatoms. The lowest BCUT2D eigenvalue weighted by molar-refractivity contribution is -0.167. The lowest BCUT2D eigenvalue weighted by atomic mass is 9.98. The summed E-state index contributed by atoms with van der Waals surface area (Å²) < 4.78 is 54.2. The van der Waals surface area contributed by atoms with Crippen LogP contribution in [0.1, 0.15) is 47.9 Å². The van der Waals surface area contributed by atoms with Crippen LogP contribution in [0.4, 0.5) is 22.4 Å². The lowest BCUT2D eigenvalue weighted by Gasteiger charge is -2.52. The van der Waals surface area contributed by atoms with Gasteiger partial charge in [0.15, 0.2) is 0 Å². The maximum atomic E-state index is 14.4. The zero-order chi connectivity index (χ0) is 29.0. The van der Waals surface area contributed by atoms with Crippen molar-refractivity contribution < 1.29 is 31.9 Å². The summed E-state index contributed by atoms with van der Waals surface area (Å²) in [5.74, 6) is -1.06. The summed E-state index contributed by atoms with van der Waals surface area (Å²) in [4.78, 5) is 44.3. The molecule has 0 saturated carbocycles. The Kier molecular flexibility index (Phi) is 8.97. The van der Waals surface area contributed by atoms with Crippen LogP contribution in [0.5, 0.6) is 0 Å². The van der Waals surface area contributed by atoms with Crippen molar-refractivity contribution in [3.05, 3.63) is 70.5 Å². The summed E-state index contributed by atoms with van der Waals surface area (Å²) in [6.45, 7) is 1.82. The normalized spacial score (nSPS) is 19.6. The van der Waals surface area contributed by atoms with Crippen LogP contribution >= 0.6 is 0 Å². The Morgan fingerprint density at radius 2 is 1.88 bits per heavy atom. The van der Waals surface area contributed by atoms with Gasteiger partial charge in [0, 0.05) is 31.6 Å². The number of benzene rings is 2. The van der Waals surface area contributed by atoms with Crippen LogP contribution in [0, 0.1) is 12.7 Å². The van der Waals surface area contributed by atoms with Crippen molar-refractivity contribution in [2.75, 3.05) is 19.6 Å². The quantitative estimate of drug-likeness (QED) is 0.378. The second kappa shape index (κ2) is 12.2.